The molecule has 0 atom stereocenters. The Hall–Kier alpha value is -1.79. The number of amides is 1. The molecule has 0 aliphatic rings. The van der Waals surface area contributed by atoms with Crippen LogP contribution in [0.4, 0.5) is 19.0 Å². The fraction of sp³-hybridized carbons (Fsp3) is 0.538. The van der Waals surface area contributed by atoms with E-state index in [1.54, 1.807) is 19.1 Å². The number of pyridine rings is 1. The minimum Gasteiger partial charge on any atom is -0.370 e. The van der Waals surface area contributed by atoms with Crippen molar-refractivity contribution in [2.45, 2.75) is 26.4 Å². The maximum absolute atomic E-state index is 12.2. The standard InChI is InChI=1S/C13H18F3N3O/c1-4-17-11-8-10(7-9(2)18-11)12(20)19(3)6-5-13(14,15)16/h7-8H,4-6H2,1-3H3,(H,17,18). The Labute approximate surface area is 116 Å². The smallest absolute Gasteiger partial charge is 0.370 e. The molecule has 1 heterocycles. The number of nitrogens with one attached hydrogen (secondary N) is 1. The summed E-state index contributed by atoms with van der Waals surface area (Å²) in [5, 5.41) is 2.98. The Kier molecular flexibility index (Phi) is 5.35. The van der Waals surface area contributed by atoms with Crippen LogP contribution in [0.5, 0.6) is 0 Å². The van der Waals surface area contributed by atoms with Gasteiger partial charge in [0.1, 0.15) is 5.82 Å². The van der Waals surface area contributed by atoms with E-state index in [0.717, 1.165) is 4.90 Å². The summed E-state index contributed by atoms with van der Waals surface area (Å²) in [4.78, 5) is 17.3. The van der Waals surface area contributed by atoms with Gasteiger partial charge >= 0.3 is 6.18 Å². The number of hydrogen-bond donors (Lipinski definition) is 1. The summed E-state index contributed by atoms with van der Waals surface area (Å²) in [6.45, 7) is 3.91. The molecule has 0 bridgehead atoms. The predicted octanol–water partition coefficient (Wildman–Crippen LogP) is 2.85. The summed E-state index contributed by atoms with van der Waals surface area (Å²) in [7, 11) is 1.36. The highest BCUT2D eigenvalue weighted by Crippen LogP contribution is 2.20. The van der Waals surface area contributed by atoms with E-state index in [0.29, 0.717) is 23.6 Å². The Morgan fingerprint density at radius 3 is 2.60 bits per heavy atom. The van der Waals surface area contributed by atoms with Crippen LogP contribution in [-0.2, 0) is 0 Å². The molecule has 0 radical (unpaired) electrons. The van der Waals surface area contributed by atoms with E-state index >= 15 is 0 Å². The van der Waals surface area contributed by atoms with E-state index < -0.39 is 18.5 Å². The van der Waals surface area contributed by atoms with Crippen LogP contribution < -0.4 is 5.32 Å². The molecular weight excluding hydrogens is 271 g/mol. The number of anilines is 1. The molecular formula is C13H18F3N3O. The van der Waals surface area contributed by atoms with Crippen molar-refractivity contribution in [3.05, 3.63) is 23.4 Å². The first-order valence-electron chi connectivity index (χ1n) is 6.27. The summed E-state index contributed by atoms with van der Waals surface area (Å²) >= 11 is 0. The van der Waals surface area contributed by atoms with Crippen molar-refractivity contribution in [3.63, 3.8) is 0 Å². The van der Waals surface area contributed by atoms with Gasteiger partial charge in [0.2, 0.25) is 0 Å². The van der Waals surface area contributed by atoms with Crippen molar-refractivity contribution in [2.24, 2.45) is 0 Å². The Bertz CT molecular complexity index is 474. The van der Waals surface area contributed by atoms with Crippen LogP contribution in [0.15, 0.2) is 12.1 Å². The lowest BCUT2D eigenvalue weighted by Gasteiger charge is -2.18. The lowest BCUT2D eigenvalue weighted by molar-refractivity contribution is -0.136. The highest BCUT2D eigenvalue weighted by molar-refractivity contribution is 5.94. The van der Waals surface area contributed by atoms with Gasteiger partial charge in [-0.1, -0.05) is 0 Å². The summed E-state index contributed by atoms with van der Waals surface area (Å²) in [5.74, 6) is 0.0963. The summed E-state index contributed by atoms with van der Waals surface area (Å²) < 4.78 is 36.5. The molecule has 1 aromatic heterocycles. The first-order chi connectivity index (χ1) is 9.23. The van der Waals surface area contributed by atoms with Crippen LogP contribution in [0.1, 0.15) is 29.4 Å². The average molecular weight is 289 g/mol. The molecule has 0 fully saturated rings. The van der Waals surface area contributed by atoms with Gasteiger partial charge in [-0.3, -0.25) is 4.79 Å². The molecule has 1 amide bonds. The Morgan fingerprint density at radius 2 is 2.05 bits per heavy atom. The quantitative estimate of drug-likeness (QED) is 0.906. The molecule has 7 heteroatoms. The van der Waals surface area contributed by atoms with Gasteiger partial charge in [0, 0.05) is 31.4 Å². The number of rotatable bonds is 5. The number of aromatic nitrogens is 1. The monoisotopic (exact) mass is 289 g/mol. The van der Waals surface area contributed by atoms with Gasteiger partial charge in [-0.25, -0.2) is 4.98 Å². The number of carbonyl (C=O) groups excluding carboxylic acids is 1. The average Bonchev–Trinajstić information content (AvgIpc) is 2.34. The maximum Gasteiger partial charge on any atom is 0.390 e. The molecule has 1 rings (SSSR count). The van der Waals surface area contributed by atoms with E-state index in [4.69, 9.17) is 0 Å². The highest BCUT2D eigenvalue weighted by Gasteiger charge is 2.28. The van der Waals surface area contributed by atoms with Crippen LogP contribution in [0.25, 0.3) is 0 Å². The minimum absolute atomic E-state index is 0.332. The van der Waals surface area contributed by atoms with Crippen molar-refractivity contribution >= 4 is 11.7 Å². The van der Waals surface area contributed by atoms with Gasteiger partial charge in [0.15, 0.2) is 0 Å². The summed E-state index contributed by atoms with van der Waals surface area (Å²) in [6.07, 6.45) is -5.28. The molecule has 1 aromatic rings. The summed E-state index contributed by atoms with van der Waals surface area (Å²) in [5.41, 5.74) is 0.967. The second-order valence-electron chi connectivity index (χ2n) is 4.50. The zero-order valence-electron chi connectivity index (χ0n) is 11.7. The first kappa shape index (κ1) is 16.3. The van der Waals surface area contributed by atoms with Gasteiger partial charge < -0.3 is 10.2 Å². The molecule has 4 nitrogen and oxygen atoms in total. The van der Waals surface area contributed by atoms with Crippen molar-refractivity contribution < 1.29 is 18.0 Å². The molecule has 1 N–H and O–H groups in total. The van der Waals surface area contributed by atoms with Gasteiger partial charge in [-0.05, 0) is 26.0 Å². The third-order valence-corrected chi connectivity index (χ3v) is 2.64. The Balaban J connectivity index is 2.80. The van der Waals surface area contributed by atoms with Crippen LogP contribution in [-0.4, -0.2) is 42.1 Å². The zero-order valence-corrected chi connectivity index (χ0v) is 11.7. The maximum atomic E-state index is 12.2. The minimum atomic E-state index is -4.27. The second kappa shape index (κ2) is 6.58. The van der Waals surface area contributed by atoms with Crippen LogP contribution in [0.3, 0.4) is 0 Å². The zero-order chi connectivity index (χ0) is 15.3. The van der Waals surface area contributed by atoms with Gasteiger partial charge in [-0.2, -0.15) is 13.2 Å². The third kappa shape index (κ3) is 5.07. The topological polar surface area (TPSA) is 45.2 Å². The molecule has 0 saturated carbocycles. The highest BCUT2D eigenvalue weighted by atomic mass is 19.4. The van der Waals surface area contributed by atoms with E-state index in [1.165, 1.54) is 7.05 Å². The normalized spacial score (nSPS) is 11.3. The van der Waals surface area contributed by atoms with Crippen LogP contribution in [0, 0.1) is 6.92 Å². The fourth-order valence-corrected chi connectivity index (χ4v) is 1.68. The first-order valence-corrected chi connectivity index (χ1v) is 6.27. The third-order valence-electron chi connectivity index (χ3n) is 2.64. The molecule has 0 spiro atoms. The molecule has 0 aliphatic heterocycles. The SMILES string of the molecule is CCNc1cc(C(=O)N(C)CCC(F)(F)F)cc(C)n1. The van der Waals surface area contributed by atoms with Crippen LogP contribution >= 0.6 is 0 Å². The molecule has 20 heavy (non-hydrogen) atoms. The van der Waals surface area contributed by atoms with Gasteiger partial charge in [0.05, 0.1) is 6.42 Å². The second-order valence-corrected chi connectivity index (χ2v) is 4.50. The van der Waals surface area contributed by atoms with E-state index in [1.807, 2.05) is 6.92 Å². The van der Waals surface area contributed by atoms with Gasteiger partial charge in [-0.15, -0.1) is 0 Å². The Morgan fingerprint density at radius 1 is 1.40 bits per heavy atom. The van der Waals surface area contributed by atoms with Crippen molar-refractivity contribution in [1.29, 1.82) is 0 Å². The number of aryl methyl sites for hydroxylation is 1. The molecule has 0 saturated heterocycles. The van der Waals surface area contributed by atoms with E-state index in [9.17, 15) is 18.0 Å². The summed E-state index contributed by atoms with van der Waals surface area (Å²) in [6, 6.07) is 3.11. The van der Waals surface area contributed by atoms with Crippen molar-refractivity contribution in [3.8, 4) is 0 Å². The van der Waals surface area contributed by atoms with Gasteiger partial charge in [0.25, 0.3) is 5.91 Å². The van der Waals surface area contributed by atoms with Crippen molar-refractivity contribution in [1.82, 2.24) is 9.88 Å². The van der Waals surface area contributed by atoms with E-state index in [-0.39, 0.29) is 6.54 Å². The fourth-order valence-electron chi connectivity index (χ4n) is 1.68. The van der Waals surface area contributed by atoms with Crippen molar-refractivity contribution in [2.75, 3.05) is 25.5 Å². The predicted molar refractivity (Wildman–Crippen MR) is 70.8 cm³/mol. The molecule has 0 unspecified atom stereocenters. The van der Waals surface area contributed by atoms with E-state index in [2.05, 4.69) is 10.3 Å². The molecule has 112 valence electrons. The number of halogens is 3. The molecule has 0 aromatic carbocycles. The number of nitrogens with zero attached hydrogens (tertiary/aromatic N) is 2. The van der Waals surface area contributed by atoms with Crippen LogP contribution in [0.2, 0.25) is 0 Å². The largest absolute Gasteiger partial charge is 0.390 e. The lowest BCUT2D eigenvalue weighted by Crippen LogP contribution is -2.30. The molecule has 0 aliphatic carbocycles. The number of hydrogen-bond acceptors (Lipinski definition) is 3. The number of alkyl halides is 3. The lowest BCUT2D eigenvalue weighted by atomic mass is 10.2. The number of carbonyl (C=O) groups is 1.